The van der Waals surface area contributed by atoms with Crippen molar-refractivity contribution < 1.29 is 9.59 Å². The van der Waals surface area contributed by atoms with Gasteiger partial charge in [-0.1, -0.05) is 11.6 Å². The van der Waals surface area contributed by atoms with Gasteiger partial charge < -0.3 is 10.6 Å². The van der Waals surface area contributed by atoms with Crippen molar-refractivity contribution in [1.29, 1.82) is 0 Å². The molecule has 0 saturated carbocycles. The molecule has 1 aromatic rings. The van der Waals surface area contributed by atoms with E-state index >= 15 is 0 Å². The highest BCUT2D eigenvalue weighted by Crippen LogP contribution is 2.19. The van der Waals surface area contributed by atoms with Crippen molar-refractivity contribution in [1.82, 2.24) is 5.32 Å². The Bertz CT molecular complexity index is 446. The normalized spacial score (nSPS) is 11.8. The van der Waals surface area contributed by atoms with Gasteiger partial charge >= 0.3 is 0 Å². The number of aryl methyl sites for hydroxylation is 1. The summed E-state index contributed by atoms with van der Waals surface area (Å²) < 4.78 is 0. The summed E-state index contributed by atoms with van der Waals surface area (Å²) >= 11 is 5.82. The van der Waals surface area contributed by atoms with Crippen LogP contribution in [0.1, 0.15) is 19.4 Å². The summed E-state index contributed by atoms with van der Waals surface area (Å²) in [6.45, 7) is 4.85. The maximum Gasteiger partial charge on any atom is 0.246 e. The second kappa shape index (κ2) is 5.68. The quantitative estimate of drug-likeness (QED) is 0.868. The summed E-state index contributed by atoms with van der Waals surface area (Å²) in [5.74, 6) is -0.494. The molecule has 1 rings (SSSR count). The zero-order valence-corrected chi connectivity index (χ0v) is 10.8. The van der Waals surface area contributed by atoms with Gasteiger partial charge in [0.2, 0.25) is 11.8 Å². The first-order valence-corrected chi connectivity index (χ1v) is 5.62. The Kier molecular flexibility index (Phi) is 4.52. The zero-order chi connectivity index (χ0) is 13.0. The number of carbonyl (C=O) groups excluding carboxylic acids is 2. The molecule has 2 amide bonds. The van der Waals surface area contributed by atoms with Gasteiger partial charge in [0.1, 0.15) is 6.04 Å². The van der Waals surface area contributed by atoms with Crippen LogP contribution in [0.3, 0.4) is 0 Å². The SMILES string of the molecule is CC(=O)NC(C)C(=O)Nc1ccc(Cl)cc1C. The summed E-state index contributed by atoms with van der Waals surface area (Å²) in [5.41, 5.74) is 1.57. The minimum absolute atomic E-state index is 0.236. The summed E-state index contributed by atoms with van der Waals surface area (Å²) in [6.07, 6.45) is 0. The largest absolute Gasteiger partial charge is 0.345 e. The molecule has 0 saturated heterocycles. The molecule has 0 aliphatic heterocycles. The number of rotatable bonds is 3. The second-order valence-corrected chi connectivity index (χ2v) is 4.31. The predicted molar refractivity (Wildman–Crippen MR) is 68.1 cm³/mol. The molecule has 0 bridgehead atoms. The van der Waals surface area contributed by atoms with Crippen molar-refractivity contribution in [2.75, 3.05) is 5.32 Å². The lowest BCUT2D eigenvalue weighted by Crippen LogP contribution is -2.40. The van der Waals surface area contributed by atoms with E-state index in [1.54, 1.807) is 25.1 Å². The Labute approximate surface area is 105 Å². The van der Waals surface area contributed by atoms with Crippen LogP contribution >= 0.6 is 11.6 Å². The van der Waals surface area contributed by atoms with Crippen molar-refractivity contribution in [2.45, 2.75) is 26.8 Å². The summed E-state index contributed by atoms with van der Waals surface area (Å²) in [5, 5.41) is 5.87. The van der Waals surface area contributed by atoms with Gasteiger partial charge in [-0.05, 0) is 37.6 Å². The van der Waals surface area contributed by atoms with Gasteiger partial charge in [0.15, 0.2) is 0 Å². The van der Waals surface area contributed by atoms with Crippen molar-refractivity contribution in [3.05, 3.63) is 28.8 Å². The van der Waals surface area contributed by atoms with Gasteiger partial charge in [-0.2, -0.15) is 0 Å². The van der Waals surface area contributed by atoms with Crippen LogP contribution in [0.4, 0.5) is 5.69 Å². The molecule has 0 radical (unpaired) electrons. The fraction of sp³-hybridized carbons (Fsp3) is 0.333. The van der Waals surface area contributed by atoms with Gasteiger partial charge in [0.25, 0.3) is 0 Å². The molecule has 0 aliphatic rings. The van der Waals surface area contributed by atoms with E-state index in [9.17, 15) is 9.59 Å². The van der Waals surface area contributed by atoms with Crippen LogP contribution in [0.2, 0.25) is 5.02 Å². The molecule has 1 aromatic carbocycles. The van der Waals surface area contributed by atoms with Crippen LogP contribution in [-0.2, 0) is 9.59 Å². The minimum Gasteiger partial charge on any atom is -0.345 e. The van der Waals surface area contributed by atoms with Gasteiger partial charge in [-0.25, -0.2) is 0 Å². The van der Waals surface area contributed by atoms with Crippen LogP contribution < -0.4 is 10.6 Å². The number of nitrogens with one attached hydrogen (secondary N) is 2. The van der Waals surface area contributed by atoms with E-state index in [4.69, 9.17) is 11.6 Å². The Balaban J connectivity index is 2.71. The molecule has 1 unspecified atom stereocenters. The van der Waals surface area contributed by atoms with Crippen molar-refractivity contribution in [3.8, 4) is 0 Å². The number of carbonyl (C=O) groups is 2. The van der Waals surface area contributed by atoms with Crippen LogP contribution in [0.5, 0.6) is 0 Å². The third-order valence-electron chi connectivity index (χ3n) is 2.26. The lowest BCUT2D eigenvalue weighted by atomic mass is 10.2. The smallest absolute Gasteiger partial charge is 0.246 e. The highest BCUT2D eigenvalue weighted by atomic mass is 35.5. The predicted octanol–water partition coefficient (Wildman–Crippen LogP) is 2.11. The fourth-order valence-corrected chi connectivity index (χ4v) is 1.61. The molecule has 0 aliphatic carbocycles. The molecule has 17 heavy (non-hydrogen) atoms. The second-order valence-electron chi connectivity index (χ2n) is 3.87. The van der Waals surface area contributed by atoms with E-state index in [-0.39, 0.29) is 11.8 Å². The van der Waals surface area contributed by atoms with Crippen molar-refractivity contribution >= 4 is 29.1 Å². The Morgan fingerprint density at radius 3 is 2.53 bits per heavy atom. The number of hydrogen-bond acceptors (Lipinski definition) is 2. The molecule has 0 spiro atoms. The maximum atomic E-state index is 11.7. The van der Waals surface area contributed by atoms with Crippen molar-refractivity contribution in [3.63, 3.8) is 0 Å². The molecule has 2 N–H and O–H groups in total. The third-order valence-corrected chi connectivity index (χ3v) is 2.49. The molecular formula is C12H15ClN2O2. The van der Waals surface area contributed by atoms with Gasteiger partial charge in [-0.3, -0.25) is 9.59 Å². The van der Waals surface area contributed by atoms with E-state index in [0.29, 0.717) is 10.7 Å². The number of halogens is 1. The van der Waals surface area contributed by atoms with E-state index in [1.807, 2.05) is 6.92 Å². The molecule has 0 aromatic heterocycles. The van der Waals surface area contributed by atoms with E-state index in [0.717, 1.165) is 5.56 Å². The zero-order valence-electron chi connectivity index (χ0n) is 10.0. The Morgan fingerprint density at radius 1 is 1.35 bits per heavy atom. The average Bonchev–Trinajstić information content (AvgIpc) is 2.21. The monoisotopic (exact) mass is 254 g/mol. The standard InChI is InChI=1S/C12H15ClN2O2/c1-7-6-10(13)4-5-11(7)15-12(17)8(2)14-9(3)16/h4-6,8H,1-3H3,(H,14,16)(H,15,17). The van der Waals surface area contributed by atoms with E-state index < -0.39 is 6.04 Å². The third kappa shape index (κ3) is 4.07. The summed E-state index contributed by atoms with van der Waals surface area (Å²) in [4.78, 5) is 22.5. The Morgan fingerprint density at radius 2 is 2.00 bits per heavy atom. The summed E-state index contributed by atoms with van der Waals surface area (Å²) in [7, 11) is 0. The maximum absolute atomic E-state index is 11.7. The molecule has 0 fully saturated rings. The number of hydrogen-bond donors (Lipinski definition) is 2. The highest BCUT2D eigenvalue weighted by molar-refractivity contribution is 6.30. The molecule has 5 heteroatoms. The lowest BCUT2D eigenvalue weighted by molar-refractivity contribution is -0.124. The molecule has 92 valence electrons. The highest BCUT2D eigenvalue weighted by Gasteiger charge is 2.14. The van der Waals surface area contributed by atoms with Crippen LogP contribution in [0.15, 0.2) is 18.2 Å². The average molecular weight is 255 g/mol. The topological polar surface area (TPSA) is 58.2 Å². The first-order valence-electron chi connectivity index (χ1n) is 5.24. The van der Waals surface area contributed by atoms with Gasteiger partial charge in [0, 0.05) is 17.6 Å². The number of benzene rings is 1. The molecular weight excluding hydrogens is 240 g/mol. The van der Waals surface area contributed by atoms with Crippen LogP contribution in [0, 0.1) is 6.92 Å². The Hall–Kier alpha value is -1.55. The minimum atomic E-state index is -0.567. The number of anilines is 1. The first-order chi connectivity index (χ1) is 7.90. The van der Waals surface area contributed by atoms with Gasteiger partial charge in [-0.15, -0.1) is 0 Å². The van der Waals surface area contributed by atoms with Crippen LogP contribution in [0.25, 0.3) is 0 Å². The molecule has 4 nitrogen and oxygen atoms in total. The molecule has 1 atom stereocenters. The van der Waals surface area contributed by atoms with Gasteiger partial charge in [0.05, 0.1) is 0 Å². The number of amides is 2. The summed E-state index contributed by atoms with van der Waals surface area (Å²) in [6, 6.07) is 4.63. The van der Waals surface area contributed by atoms with Crippen molar-refractivity contribution in [2.24, 2.45) is 0 Å². The molecule has 0 heterocycles. The van der Waals surface area contributed by atoms with Crippen LogP contribution in [-0.4, -0.2) is 17.9 Å². The lowest BCUT2D eigenvalue weighted by Gasteiger charge is -2.14. The fourth-order valence-electron chi connectivity index (χ4n) is 1.38. The first kappa shape index (κ1) is 13.5. The van der Waals surface area contributed by atoms with E-state index in [2.05, 4.69) is 10.6 Å². The van der Waals surface area contributed by atoms with E-state index in [1.165, 1.54) is 6.92 Å².